The summed E-state index contributed by atoms with van der Waals surface area (Å²) in [7, 11) is 1.49. The van der Waals surface area contributed by atoms with E-state index in [1.807, 2.05) is 51.1 Å². The largest absolute Gasteiger partial charge is 0.573 e. The smallest absolute Gasteiger partial charge is 0.405 e. The number of carbonyl (C=O) groups is 1. The van der Waals surface area contributed by atoms with Crippen molar-refractivity contribution < 1.29 is 27.4 Å². The number of amides is 2. The van der Waals surface area contributed by atoms with Crippen molar-refractivity contribution in [1.29, 1.82) is 0 Å². The zero-order valence-corrected chi connectivity index (χ0v) is 22.7. The molecule has 1 aromatic heterocycles. The van der Waals surface area contributed by atoms with Gasteiger partial charge in [0.15, 0.2) is 0 Å². The fraction of sp³-hybridized carbons (Fsp3) is 0.429. The molecule has 3 N–H and O–H groups in total. The number of rotatable bonds is 8. The van der Waals surface area contributed by atoms with Crippen LogP contribution in [0.4, 0.5) is 23.8 Å². The Labute approximate surface area is 226 Å². The summed E-state index contributed by atoms with van der Waals surface area (Å²) in [4.78, 5) is 13.0. The molecule has 1 aliphatic heterocycles. The van der Waals surface area contributed by atoms with Gasteiger partial charge in [-0.2, -0.15) is 5.10 Å². The molecule has 0 unspecified atom stereocenters. The molecule has 0 radical (unpaired) electrons. The lowest BCUT2D eigenvalue weighted by molar-refractivity contribution is -0.274. The van der Waals surface area contributed by atoms with Crippen LogP contribution in [-0.2, 0) is 17.9 Å². The minimum Gasteiger partial charge on any atom is -0.405 e. The average molecular weight is 548 g/mol. The highest BCUT2D eigenvalue weighted by Crippen LogP contribution is 2.33. The number of hydrogen-bond acceptors (Lipinski definition) is 5. The summed E-state index contributed by atoms with van der Waals surface area (Å²) in [5.41, 5.74) is 3.39. The second-order valence-electron chi connectivity index (χ2n) is 8.86. The van der Waals surface area contributed by atoms with Gasteiger partial charge in [-0.05, 0) is 62.7 Å². The van der Waals surface area contributed by atoms with E-state index in [4.69, 9.17) is 9.84 Å². The molecule has 0 aliphatic carbocycles. The number of piperidine rings is 1. The Bertz CT molecular complexity index is 1210. The fourth-order valence-corrected chi connectivity index (χ4v) is 4.48. The second kappa shape index (κ2) is 14.0. The van der Waals surface area contributed by atoms with Gasteiger partial charge in [-0.1, -0.05) is 38.1 Å². The number of carbonyl (C=O) groups excluding carboxylic acids is 1. The van der Waals surface area contributed by atoms with Crippen LogP contribution in [0.15, 0.2) is 48.5 Å². The molecule has 0 saturated carbocycles. The van der Waals surface area contributed by atoms with Crippen LogP contribution in [0.1, 0.15) is 55.0 Å². The Morgan fingerprint density at radius 3 is 2.46 bits per heavy atom. The lowest BCUT2D eigenvalue weighted by atomic mass is 9.92. The third kappa shape index (κ3) is 8.21. The predicted molar refractivity (Wildman–Crippen MR) is 144 cm³/mol. The standard InChI is InChI=1S/C26H30F3N5O3.C2H6/c1-17-23(19-10-12-30-13-11-19)33-34(21-6-4-3-5-7-21)24(17)32-25(35)31-15-20-14-18(16-36-2)8-9-22(20)37-26(27,28)29;1-2/h3-9,14,19,30H,10-13,15-16H2,1-2H3,(H2,31,32,35);1-2H3. The molecule has 3 aromatic rings. The van der Waals surface area contributed by atoms with Crippen LogP contribution < -0.4 is 20.7 Å². The molecule has 0 bridgehead atoms. The van der Waals surface area contributed by atoms with Gasteiger partial charge in [0.05, 0.1) is 18.0 Å². The Balaban J connectivity index is 0.00000205. The summed E-state index contributed by atoms with van der Waals surface area (Å²) in [5.74, 6) is 0.393. The number of halogens is 3. The molecule has 8 nitrogen and oxygen atoms in total. The summed E-state index contributed by atoms with van der Waals surface area (Å²) in [6.45, 7) is 7.74. The van der Waals surface area contributed by atoms with Crippen molar-refractivity contribution in [2.75, 3.05) is 25.5 Å². The Morgan fingerprint density at radius 1 is 1.13 bits per heavy atom. The van der Waals surface area contributed by atoms with Gasteiger partial charge in [0.1, 0.15) is 11.6 Å². The number of benzene rings is 2. The SMILES string of the molecule is CC.COCc1ccc(OC(F)(F)F)c(CNC(=O)Nc2c(C)c(C3CCNCC3)nn2-c2ccccc2)c1. The van der Waals surface area contributed by atoms with Crippen LogP contribution in [0.2, 0.25) is 0 Å². The Kier molecular flexibility index (Phi) is 10.8. The number of urea groups is 1. The van der Waals surface area contributed by atoms with Crippen molar-refractivity contribution in [2.24, 2.45) is 0 Å². The second-order valence-corrected chi connectivity index (χ2v) is 8.86. The first-order valence-corrected chi connectivity index (χ1v) is 13.0. The van der Waals surface area contributed by atoms with Crippen molar-refractivity contribution in [3.63, 3.8) is 0 Å². The number of ether oxygens (including phenoxy) is 2. The van der Waals surface area contributed by atoms with Crippen LogP contribution in [0.5, 0.6) is 5.75 Å². The first-order valence-electron chi connectivity index (χ1n) is 13.0. The third-order valence-corrected chi connectivity index (χ3v) is 6.22. The van der Waals surface area contributed by atoms with E-state index in [0.717, 1.165) is 42.9 Å². The molecule has 1 fully saturated rings. The minimum atomic E-state index is -4.86. The maximum atomic E-state index is 13.0. The number of aromatic nitrogens is 2. The molecule has 1 saturated heterocycles. The highest BCUT2D eigenvalue weighted by molar-refractivity contribution is 5.89. The summed E-state index contributed by atoms with van der Waals surface area (Å²) < 4.78 is 49.6. The van der Waals surface area contributed by atoms with Gasteiger partial charge in [-0.15, -0.1) is 13.2 Å². The molecule has 4 rings (SSSR count). The van der Waals surface area contributed by atoms with Crippen molar-refractivity contribution >= 4 is 11.8 Å². The van der Waals surface area contributed by atoms with Crippen molar-refractivity contribution in [1.82, 2.24) is 20.4 Å². The number of para-hydroxylation sites is 1. The number of alkyl halides is 3. The molecule has 2 heterocycles. The van der Waals surface area contributed by atoms with E-state index >= 15 is 0 Å². The highest BCUT2D eigenvalue weighted by atomic mass is 19.4. The molecular weight excluding hydrogens is 511 g/mol. The molecule has 212 valence electrons. The number of methoxy groups -OCH3 is 1. The number of anilines is 1. The lowest BCUT2D eigenvalue weighted by Gasteiger charge is -2.21. The Hall–Kier alpha value is -3.57. The zero-order valence-electron chi connectivity index (χ0n) is 22.7. The van der Waals surface area contributed by atoms with Gasteiger partial charge in [0.2, 0.25) is 0 Å². The van der Waals surface area contributed by atoms with Crippen LogP contribution >= 0.6 is 0 Å². The van der Waals surface area contributed by atoms with E-state index in [0.29, 0.717) is 11.4 Å². The average Bonchev–Trinajstić information content (AvgIpc) is 3.25. The van der Waals surface area contributed by atoms with E-state index in [1.165, 1.54) is 25.3 Å². The number of hydrogen-bond donors (Lipinski definition) is 3. The predicted octanol–water partition coefficient (Wildman–Crippen LogP) is 6.04. The van der Waals surface area contributed by atoms with E-state index in [1.54, 1.807) is 4.68 Å². The minimum absolute atomic E-state index is 0.172. The number of nitrogens with one attached hydrogen (secondary N) is 3. The summed E-state index contributed by atoms with van der Waals surface area (Å²) in [6.07, 6.45) is -2.97. The van der Waals surface area contributed by atoms with E-state index in [9.17, 15) is 18.0 Å². The monoisotopic (exact) mass is 547 g/mol. The maximum Gasteiger partial charge on any atom is 0.573 e. The van der Waals surface area contributed by atoms with Crippen LogP contribution in [0, 0.1) is 6.92 Å². The van der Waals surface area contributed by atoms with Crippen molar-refractivity contribution in [3.05, 3.63) is 70.9 Å². The molecule has 2 amide bonds. The van der Waals surface area contributed by atoms with Gasteiger partial charge in [0, 0.05) is 30.7 Å². The molecular formula is C28H36F3N5O3. The van der Waals surface area contributed by atoms with Gasteiger partial charge >= 0.3 is 12.4 Å². The fourth-order valence-electron chi connectivity index (χ4n) is 4.48. The molecule has 0 atom stereocenters. The van der Waals surface area contributed by atoms with E-state index in [2.05, 4.69) is 20.7 Å². The molecule has 1 aliphatic rings. The quantitative estimate of drug-likeness (QED) is 0.320. The van der Waals surface area contributed by atoms with Crippen LogP contribution in [0.25, 0.3) is 5.69 Å². The number of nitrogens with zero attached hydrogens (tertiary/aromatic N) is 2. The van der Waals surface area contributed by atoms with Crippen LogP contribution in [0.3, 0.4) is 0 Å². The van der Waals surface area contributed by atoms with Gasteiger partial charge in [-0.3, -0.25) is 5.32 Å². The highest BCUT2D eigenvalue weighted by Gasteiger charge is 2.32. The van der Waals surface area contributed by atoms with E-state index < -0.39 is 12.4 Å². The van der Waals surface area contributed by atoms with Crippen LogP contribution in [-0.4, -0.2) is 42.4 Å². The van der Waals surface area contributed by atoms with E-state index in [-0.39, 0.29) is 30.4 Å². The van der Waals surface area contributed by atoms with Crippen molar-refractivity contribution in [2.45, 2.75) is 59.0 Å². The Morgan fingerprint density at radius 2 is 1.82 bits per heavy atom. The zero-order chi connectivity index (χ0) is 28.4. The topological polar surface area (TPSA) is 89.4 Å². The summed E-state index contributed by atoms with van der Waals surface area (Å²) in [6, 6.07) is 13.1. The maximum absolute atomic E-state index is 13.0. The first-order chi connectivity index (χ1) is 18.7. The molecule has 0 spiro atoms. The normalized spacial score (nSPS) is 13.8. The first kappa shape index (κ1) is 30.0. The van der Waals surface area contributed by atoms with Gasteiger partial charge < -0.3 is 20.1 Å². The summed E-state index contributed by atoms with van der Waals surface area (Å²) in [5, 5.41) is 13.7. The van der Waals surface area contributed by atoms with Gasteiger partial charge in [-0.25, -0.2) is 9.48 Å². The van der Waals surface area contributed by atoms with Gasteiger partial charge in [0.25, 0.3) is 0 Å². The molecule has 11 heteroatoms. The third-order valence-electron chi connectivity index (χ3n) is 6.22. The van der Waals surface area contributed by atoms with Crippen molar-refractivity contribution in [3.8, 4) is 11.4 Å². The molecule has 2 aromatic carbocycles. The molecule has 39 heavy (non-hydrogen) atoms. The summed E-state index contributed by atoms with van der Waals surface area (Å²) >= 11 is 0. The lowest BCUT2D eigenvalue weighted by Crippen LogP contribution is -2.30.